The third-order valence-electron chi connectivity index (χ3n) is 4.38. The molecule has 1 aromatic heterocycles. The van der Waals surface area contributed by atoms with Crippen LogP contribution in [0.2, 0.25) is 5.02 Å². The average molecular weight is 385 g/mol. The quantitative estimate of drug-likeness (QED) is 0.812. The monoisotopic (exact) mass is 384 g/mol. The largest absolute Gasteiger partial charge is 0.377 e. The molecule has 0 aliphatic carbocycles. The fraction of sp³-hybridized carbons (Fsp3) is 0.375. The molecule has 2 heterocycles. The molecule has 3 rings (SSSR count). The highest BCUT2D eigenvalue weighted by Crippen LogP contribution is 2.40. The van der Waals surface area contributed by atoms with Gasteiger partial charge in [0.15, 0.2) is 9.84 Å². The molecule has 0 fully saturated rings. The van der Waals surface area contributed by atoms with Crippen molar-refractivity contribution in [2.24, 2.45) is 0 Å². The van der Waals surface area contributed by atoms with Crippen molar-refractivity contribution in [3.8, 4) is 0 Å². The topological polar surface area (TPSA) is 98.2 Å². The van der Waals surface area contributed by atoms with E-state index in [2.05, 4.69) is 5.10 Å². The predicted octanol–water partition coefficient (Wildman–Crippen LogP) is 1.95. The smallest absolute Gasteiger partial charge is 0.277 e. The van der Waals surface area contributed by atoms with Crippen LogP contribution in [0.3, 0.4) is 0 Å². The van der Waals surface area contributed by atoms with E-state index in [9.17, 15) is 18.0 Å². The van der Waals surface area contributed by atoms with Gasteiger partial charge in [0.2, 0.25) is 5.78 Å². The van der Waals surface area contributed by atoms with Gasteiger partial charge in [-0.2, -0.15) is 0 Å². The molecule has 1 aromatic carbocycles. The lowest BCUT2D eigenvalue weighted by atomic mass is 9.99. The zero-order valence-electron chi connectivity index (χ0n) is 13.7. The number of halogens is 1. The Kier molecular flexibility index (Phi) is 4.61. The second kappa shape index (κ2) is 6.44. The number of benzene rings is 1. The maximum absolute atomic E-state index is 12.8. The van der Waals surface area contributed by atoms with E-state index < -0.39 is 27.3 Å². The number of hydrogen-bond donors (Lipinski definition) is 1. The molecule has 134 valence electrons. The van der Waals surface area contributed by atoms with Gasteiger partial charge >= 0.3 is 0 Å². The lowest BCUT2D eigenvalue weighted by Crippen LogP contribution is -2.24. The molecule has 0 bridgehead atoms. The number of ketones is 1. The molecule has 9 heteroatoms. The summed E-state index contributed by atoms with van der Waals surface area (Å²) in [6.07, 6.45) is 1.07. The van der Waals surface area contributed by atoms with Gasteiger partial charge < -0.3 is 9.84 Å². The summed E-state index contributed by atoms with van der Waals surface area (Å²) in [7, 11) is -2.01. The van der Waals surface area contributed by atoms with Crippen LogP contribution in [0.4, 0.5) is 0 Å². The molecule has 1 aliphatic rings. The minimum Gasteiger partial charge on any atom is -0.377 e. The Morgan fingerprint density at radius 3 is 2.72 bits per heavy atom. The third-order valence-corrected chi connectivity index (χ3v) is 6.58. The molecule has 0 spiro atoms. The van der Waals surface area contributed by atoms with E-state index in [1.807, 2.05) is 0 Å². The second-order valence-corrected chi connectivity index (χ2v) is 8.19. The summed E-state index contributed by atoms with van der Waals surface area (Å²) in [5.74, 6) is -0.597. The number of carbonyl (C=O) groups is 1. The van der Waals surface area contributed by atoms with Crippen LogP contribution in [0, 0.1) is 0 Å². The Labute approximate surface area is 149 Å². The minimum absolute atomic E-state index is 0.0151. The number of ether oxygens (including phenoxy) is 1. The number of methoxy groups -OCH3 is 1. The Bertz CT molecular complexity index is 1010. The summed E-state index contributed by atoms with van der Waals surface area (Å²) >= 11 is 6.38. The number of sulfone groups is 1. The highest BCUT2D eigenvalue weighted by atomic mass is 35.5. The number of rotatable bonds is 4. The van der Waals surface area contributed by atoms with Crippen molar-refractivity contribution in [1.29, 1.82) is 0 Å². The van der Waals surface area contributed by atoms with Crippen LogP contribution in [0.1, 0.15) is 40.9 Å². The average Bonchev–Trinajstić information content (AvgIpc) is 2.95. The van der Waals surface area contributed by atoms with Crippen molar-refractivity contribution < 1.29 is 17.9 Å². The van der Waals surface area contributed by atoms with Gasteiger partial charge in [-0.25, -0.2) is 8.42 Å². The molecular weight excluding hydrogens is 368 g/mol. The first-order chi connectivity index (χ1) is 11.8. The predicted molar refractivity (Wildman–Crippen MR) is 92.0 cm³/mol. The normalized spacial score (nSPS) is 18.8. The van der Waals surface area contributed by atoms with E-state index >= 15 is 0 Å². The van der Waals surface area contributed by atoms with E-state index in [4.69, 9.17) is 16.3 Å². The van der Waals surface area contributed by atoms with E-state index in [1.54, 1.807) is 6.92 Å². The lowest BCUT2D eigenvalue weighted by Gasteiger charge is -2.26. The summed E-state index contributed by atoms with van der Waals surface area (Å²) in [6.45, 7) is 2.17. The molecule has 7 nitrogen and oxygen atoms in total. The van der Waals surface area contributed by atoms with Crippen molar-refractivity contribution in [2.75, 3.05) is 12.9 Å². The van der Waals surface area contributed by atoms with Gasteiger partial charge in [0.25, 0.3) is 5.56 Å². The van der Waals surface area contributed by atoms with Crippen molar-refractivity contribution in [2.45, 2.75) is 30.9 Å². The number of carbonyl (C=O) groups excluding carboxylic acids is 1. The maximum atomic E-state index is 12.8. The Morgan fingerprint density at radius 1 is 1.40 bits per heavy atom. The summed E-state index contributed by atoms with van der Waals surface area (Å²) in [4.78, 5) is 25.0. The summed E-state index contributed by atoms with van der Waals surface area (Å²) in [5.41, 5.74) is -0.125. The number of aryl methyl sites for hydroxylation is 1. The van der Waals surface area contributed by atoms with Gasteiger partial charge in [0, 0.05) is 31.0 Å². The molecule has 0 radical (unpaired) electrons. The number of nitrogens with one attached hydrogen (secondary N) is 1. The highest BCUT2D eigenvalue weighted by molar-refractivity contribution is 7.91. The molecule has 0 saturated carbocycles. The van der Waals surface area contributed by atoms with Crippen LogP contribution in [0.5, 0.6) is 0 Å². The summed E-state index contributed by atoms with van der Waals surface area (Å²) in [5, 5.41) is 2.72. The molecule has 0 saturated heterocycles. The summed E-state index contributed by atoms with van der Waals surface area (Å²) < 4.78 is 31.2. The van der Waals surface area contributed by atoms with Crippen molar-refractivity contribution in [3.63, 3.8) is 0 Å². The SMILES string of the molecule is CCn1[nH]cc(C(=O)c2ccc3c(c2Cl)C(OC)CCS3(=O)=O)c1=O. The Balaban J connectivity index is 2.18. The number of hydrogen-bond acceptors (Lipinski definition) is 5. The number of H-pyrrole nitrogens is 1. The van der Waals surface area contributed by atoms with Crippen LogP contribution in [-0.2, 0) is 21.1 Å². The standard InChI is InChI=1S/C16H17ClN2O5S/c1-3-19-16(21)10(8-18-19)15(20)9-4-5-12-13(14(9)17)11(24-2)6-7-25(12,22)23/h4-5,8,11,18H,3,6-7H2,1-2H3. The van der Waals surface area contributed by atoms with Crippen LogP contribution in [0.15, 0.2) is 28.0 Å². The lowest BCUT2D eigenvalue weighted by molar-refractivity contribution is 0.0959. The van der Waals surface area contributed by atoms with Gasteiger partial charge in [-0.05, 0) is 25.5 Å². The van der Waals surface area contributed by atoms with E-state index in [0.29, 0.717) is 6.54 Å². The van der Waals surface area contributed by atoms with Crippen LogP contribution >= 0.6 is 11.6 Å². The Morgan fingerprint density at radius 2 is 2.12 bits per heavy atom. The van der Waals surface area contributed by atoms with E-state index in [1.165, 1.54) is 30.1 Å². The summed E-state index contributed by atoms with van der Waals surface area (Å²) in [6, 6.07) is 2.71. The third kappa shape index (κ3) is 2.84. The minimum atomic E-state index is -3.47. The fourth-order valence-corrected chi connectivity index (χ4v) is 5.04. The van der Waals surface area contributed by atoms with Crippen molar-refractivity contribution >= 4 is 27.2 Å². The molecular formula is C16H17ClN2O5S. The zero-order chi connectivity index (χ0) is 18.4. The van der Waals surface area contributed by atoms with E-state index in [-0.39, 0.29) is 38.8 Å². The van der Waals surface area contributed by atoms with Gasteiger partial charge in [-0.1, -0.05) is 11.6 Å². The molecule has 25 heavy (non-hydrogen) atoms. The van der Waals surface area contributed by atoms with Gasteiger partial charge in [-0.15, -0.1) is 0 Å². The number of fused-ring (bicyclic) bond motifs is 1. The number of aromatic nitrogens is 2. The highest BCUT2D eigenvalue weighted by Gasteiger charge is 2.34. The first-order valence-corrected chi connectivity index (χ1v) is 9.75. The van der Waals surface area contributed by atoms with Gasteiger partial charge in [0.1, 0.15) is 5.56 Å². The van der Waals surface area contributed by atoms with Crippen LogP contribution in [-0.4, -0.2) is 36.8 Å². The molecule has 1 atom stereocenters. The van der Waals surface area contributed by atoms with Crippen molar-refractivity contribution in [3.05, 3.63) is 50.4 Å². The first kappa shape index (κ1) is 17.9. The van der Waals surface area contributed by atoms with Gasteiger partial charge in [0.05, 0.1) is 21.8 Å². The molecule has 0 amide bonds. The van der Waals surface area contributed by atoms with Crippen molar-refractivity contribution in [1.82, 2.24) is 9.78 Å². The molecule has 2 aromatic rings. The van der Waals surface area contributed by atoms with Crippen LogP contribution < -0.4 is 5.56 Å². The molecule has 1 aliphatic heterocycles. The number of nitrogens with zero attached hydrogens (tertiary/aromatic N) is 1. The maximum Gasteiger partial charge on any atom is 0.277 e. The Hall–Kier alpha value is -1.90. The van der Waals surface area contributed by atoms with E-state index in [0.717, 1.165) is 0 Å². The molecule has 1 unspecified atom stereocenters. The number of aromatic amines is 1. The fourth-order valence-electron chi connectivity index (χ4n) is 3.02. The van der Waals surface area contributed by atoms with Crippen LogP contribution in [0.25, 0.3) is 0 Å². The second-order valence-electron chi connectivity index (χ2n) is 5.74. The first-order valence-electron chi connectivity index (χ1n) is 7.72. The zero-order valence-corrected chi connectivity index (χ0v) is 15.3. The van der Waals surface area contributed by atoms with Gasteiger partial charge in [-0.3, -0.25) is 14.3 Å². The molecule has 1 N–H and O–H groups in total.